The van der Waals surface area contributed by atoms with E-state index in [4.69, 9.17) is 11.6 Å². The number of sulfonamides is 1. The van der Waals surface area contributed by atoms with Gasteiger partial charge < -0.3 is 0 Å². The zero-order chi connectivity index (χ0) is 17.2. The summed E-state index contributed by atoms with van der Waals surface area (Å²) in [6.45, 7) is 2.02. The Morgan fingerprint density at radius 2 is 2.00 bits per heavy atom. The largest absolute Gasteiger partial charge is 0.264 e. The Labute approximate surface area is 149 Å². The summed E-state index contributed by atoms with van der Waals surface area (Å²) >= 11 is 7.41. The van der Waals surface area contributed by atoms with Gasteiger partial charge in [-0.25, -0.2) is 18.1 Å². The number of hydrogen-bond acceptors (Lipinski definition) is 5. The highest BCUT2D eigenvalue weighted by Gasteiger charge is 2.18. The molecule has 0 aliphatic rings. The van der Waals surface area contributed by atoms with Crippen molar-refractivity contribution in [3.8, 4) is 10.6 Å². The smallest absolute Gasteiger partial charge is 0.242 e. The van der Waals surface area contributed by atoms with Gasteiger partial charge in [0.2, 0.25) is 10.0 Å². The first-order chi connectivity index (χ1) is 11.5. The second-order valence-corrected chi connectivity index (χ2v) is 8.25. The lowest BCUT2D eigenvalue weighted by molar-refractivity contribution is 0.581. The number of benzene rings is 1. The predicted octanol–water partition coefficient (Wildman–Crippen LogP) is 3.65. The van der Waals surface area contributed by atoms with E-state index in [1.165, 1.54) is 17.4 Å². The number of nitrogens with zero attached hydrogens (tertiary/aromatic N) is 2. The third-order valence-electron chi connectivity index (χ3n) is 3.35. The van der Waals surface area contributed by atoms with Crippen LogP contribution in [0.4, 0.5) is 0 Å². The van der Waals surface area contributed by atoms with E-state index < -0.39 is 10.0 Å². The Bertz CT molecular complexity index is 956. The van der Waals surface area contributed by atoms with Crippen molar-refractivity contribution in [1.82, 2.24) is 14.7 Å². The van der Waals surface area contributed by atoms with Gasteiger partial charge in [-0.05, 0) is 31.2 Å². The van der Waals surface area contributed by atoms with E-state index in [9.17, 15) is 8.42 Å². The fourth-order valence-electron chi connectivity index (χ4n) is 2.11. The first-order valence-electron chi connectivity index (χ1n) is 7.08. The van der Waals surface area contributed by atoms with E-state index >= 15 is 0 Å². The van der Waals surface area contributed by atoms with Crippen molar-refractivity contribution in [3.63, 3.8) is 0 Å². The number of aromatic nitrogens is 2. The highest BCUT2D eigenvalue weighted by atomic mass is 35.5. The fraction of sp³-hybridized carbons (Fsp3) is 0.125. The maximum absolute atomic E-state index is 12.4. The van der Waals surface area contributed by atoms with Crippen LogP contribution in [0.5, 0.6) is 0 Å². The predicted molar refractivity (Wildman–Crippen MR) is 95.6 cm³/mol. The van der Waals surface area contributed by atoms with Gasteiger partial charge >= 0.3 is 0 Å². The molecule has 0 aliphatic heterocycles. The van der Waals surface area contributed by atoms with E-state index in [2.05, 4.69) is 14.7 Å². The lowest BCUT2D eigenvalue weighted by Crippen LogP contribution is -2.23. The Hall–Kier alpha value is -1.80. The maximum Gasteiger partial charge on any atom is 0.242 e. The van der Waals surface area contributed by atoms with Crippen molar-refractivity contribution >= 4 is 33.0 Å². The number of thiazole rings is 1. The van der Waals surface area contributed by atoms with E-state index in [1.54, 1.807) is 30.6 Å². The lowest BCUT2D eigenvalue weighted by Gasteiger charge is -2.07. The molecule has 3 rings (SSSR count). The molecule has 2 aromatic heterocycles. The summed E-state index contributed by atoms with van der Waals surface area (Å²) in [6, 6.07) is 10.1. The molecule has 5 nitrogen and oxygen atoms in total. The highest BCUT2D eigenvalue weighted by Crippen LogP contribution is 2.28. The molecule has 0 spiro atoms. The van der Waals surface area contributed by atoms with Gasteiger partial charge in [0.05, 0.1) is 10.7 Å². The van der Waals surface area contributed by atoms with Crippen LogP contribution in [0.2, 0.25) is 5.02 Å². The first kappa shape index (κ1) is 17.0. The summed E-state index contributed by atoms with van der Waals surface area (Å²) in [5.74, 6) is 0. The van der Waals surface area contributed by atoms with Crippen LogP contribution in [0, 0.1) is 6.92 Å². The summed E-state index contributed by atoms with van der Waals surface area (Å²) in [5, 5.41) is 1.01. The molecule has 3 aromatic rings. The molecule has 8 heteroatoms. The standard InChI is InChI=1S/C16H14ClN3O2S2/c1-11-14(23-16(20-11)12-5-4-8-18-9-12)10-19-24(21,22)15-7-3-2-6-13(15)17/h2-9,19H,10H2,1H3. The van der Waals surface area contributed by atoms with Gasteiger partial charge in [0.25, 0.3) is 0 Å². The minimum absolute atomic E-state index is 0.0707. The molecule has 0 fully saturated rings. The molecule has 0 saturated carbocycles. The molecule has 1 aromatic carbocycles. The Morgan fingerprint density at radius 3 is 2.71 bits per heavy atom. The van der Waals surface area contributed by atoms with Gasteiger partial charge in [-0.2, -0.15) is 0 Å². The van der Waals surface area contributed by atoms with Gasteiger partial charge in [0.15, 0.2) is 0 Å². The van der Waals surface area contributed by atoms with Crippen LogP contribution in [0.25, 0.3) is 10.6 Å². The van der Waals surface area contributed by atoms with Gasteiger partial charge in [0, 0.05) is 29.4 Å². The second-order valence-electron chi connectivity index (χ2n) is 5.02. The van der Waals surface area contributed by atoms with Gasteiger partial charge in [-0.15, -0.1) is 11.3 Å². The quantitative estimate of drug-likeness (QED) is 0.734. The molecule has 0 amide bonds. The summed E-state index contributed by atoms with van der Waals surface area (Å²) in [7, 11) is -3.68. The maximum atomic E-state index is 12.4. The monoisotopic (exact) mass is 379 g/mol. The first-order valence-corrected chi connectivity index (χ1v) is 9.76. The molecule has 2 heterocycles. The normalized spacial score (nSPS) is 11.6. The van der Waals surface area contributed by atoms with Crippen molar-refractivity contribution in [3.05, 3.63) is 64.4 Å². The minimum Gasteiger partial charge on any atom is -0.264 e. The molecule has 0 aliphatic carbocycles. The average Bonchev–Trinajstić information content (AvgIpc) is 2.95. The molecule has 24 heavy (non-hydrogen) atoms. The van der Waals surface area contributed by atoms with E-state index in [-0.39, 0.29) is 16.5 Å². The number of aryl methyl sites for hydroxylation is 1. The number of halogens is 1. The number of pyridine rings is 1. The Balaban J connectivity index is 1.80. The Morgan fingerprint density at radius 1 is 1.21 bits per heavy atom. The van der Waals surface area contributed by atoms with Gasteiger partial charge in [0.1, 0.15) is 9.90 Å². The van der Waals surface area contributed by atoms with E-state index in [0.29, 0.717) is 0 Å². The average molecular weight is 380 g/mol. The lowest BCUT2D eigenvalue weighted by atomic mass is 10.3. The molecular formula is C16H14ClN3O2S2. The van der Waals surface area contributed by atoms with Crippen LogP contribution >= 0.6 is 22.9 Å². The summed E-state index contributed by atoms with van der Waals surface area (Å²) in [6.07, 6.45) is 3.43. The summed E-state index contributed by atoms with van der Waals surface area (Å²) in [4.78, 5) is 9.49. The van der Waals surface area contributed by atoms with Crippen LogP contribution in [0.1, 0.15) is 10.6 Å². The third kappa shape index (κ3) is 3.64. The number of hydrogen-bond donors (Lipinski definition) is 1. The highest BCUT2D eigenvalue weighted by molar-refractivity contribution is 7.89. The number of rotatable bonds is 5. The van der Waals surface area contributed by atoms with Crippen LogP contribution < -0.4 is 4.72 Å². The molecule has 0 bridgehead atoms. The van der Waals surface area contributed by atoms with Crippen molar-refractivity contribution in [2.75, 3.05) is 0 Å². The topological polar surface area (TPSA) is 72.0 Å². The number of nitrogens with one attached hydrogen (secondary N) is 1. The van der Waals surface area contributed by atoms with Crippen LogP contribution in [0.15, 0.2) is 53.7 Å². The SMILES string of the molecule is Cc1nc(-c2cccnc2)sc1CNS(=O)(=O)c1ccccc1Cl. The van der Waals surface area contributed by atoms with E-state index in [0.717, 1.165) is 21.1 Å². The van der Waals surface area contributed by atoms with Crippen molar-refractivity contribution in [1.29, 1.82) is 0 Å². The minimum atomic E-state index is -3.68. The van der Waals surface area contributed by atoms with Crippen LogP contribution in [-0.2, 0) is 16.6 Å². The molecule has 0 radical (unpaired) electrons. The molecule has 0 saturated heterocycles. The zero-order valence-electron chi connectivity index (χ0n) is 12.7. The summed E-state index contributed by atoms with van der Waals surface area (Å²) in [5.41, 5.74) is 1.70. The Kier molecular flexibility index (Phi) is 4.96. The van der Waals surface area contributed by atoms with E-state index in [1.807, 2.05) is 19.1 Å². The molecule has 0 atom stereocenters. The van der Waals surface area contributed by atoms with Crippen LogP contribution in [0.3, 0.4) is 0 Å². The zero-order valence-corrected chi connectivity index (χ0v) is 15.1. The fourth-order valence-corrected chi connectivity index (χ4v) is 4.70. The molecule has 124 valence electrons. The molecule has 1 N–H and O–H groups in total. The van der Waals surface area contributed by atoms with Crippen molar-refractivity contribution in [2.24, 2.45) is 0 Å². The summed E-state index contributed by atoms with van der Waals surface area (Å²) < 4.78 is 27.4. The van der Waals surface area contributed by atoms with Gasteiger partial charge in [-0.3, -0.25) is 4.98 Å². The molecular weight excluding hydrogens is 366 g/mol. The molecule has 0 unspecified atom stereocenters. The third-order valence-corrected chi connectivity index (χ3v) is 6.46. The van der Waals surface area contributed by atoms with Gasteiger partial charge in [-0.1, -0.05) is 23.7 Å². The van der Waals surface area contributed by atoms with Crippen molar-refractivity contribution < 1.29 is 8.42 Å². The second kappa shape index (κ2) is 6.98. The van der Waals surface area contributed by atoms with Crippen molar-refractivity contribution in [2.45, 2.75) is 18.4 Å². The van der Waals surface area contributed by atoms with Crippen LogP contribution in [-0.4, -0.2) is 18.4 Å².